The topological polar surface area (TPSA) is 69.6 Å². The Labute approximate surface area is 91.0 Å². The van der Waals surface area contributed by atoms with Crippen molar-refractivity contribution in [3.8, 4) is 0 Å². The van der Waals surface area contributed by atoms with E-state index in [1.807, 2.05) is 20.8 Å². The van der Waals surface area contributed by atoms with E-state index in [9.17, 15) is 9.90 Å². The van der Waals surface area contributed by atoms with Crippen LogP contribution in [-0.4, -0.2) is 35.4 Å². The molecular weight excluding hydrogens is 194 g/mol. The standard InChI is InChI=1S/C11H21NO3/c1-8(10(14)15)6-12-7-9(13)5-11(2,3)4/h9,12-13H,1,5-7H2,2-4H3,(H,14,15). The Kier molecular flexibility index (Phi) is 5.54. The second-order valence-corrected chi connectivity index (χ2v) is 4.96. The SMILES string of the molecule is C=C(CNCC(O)CC(C)(C)C)C(=O)O. The highest BCUT2D eigenvalue weighted by Gasteiger charge is 2.16. The molecule has 0 aliphatic heterocycles. The van der Waals surface area contributed by atoms with Gasteiger partial charge in [0.2, 0.25) is 0 Å². The molecule has 88 valence electrons. The summed E-state index contributed by atoms with van der Waals surface area (Å²) in [4.78, 5) is 10.4. The van der Waals surface area contributed by atoms with Crippen molar-refractivity contribution in [3.05, 3.63) is 12.2 Å². The normalized spacial score (nSPS) is 13.6. The van der Waals surface area contributed by atoms with Crippen molar-refractivity contribution in [3.63, 3.8) is 0 Å². The first kappa shape index (κ1) is 14.1. The summed E-state index contributed by atoms with van der Waals surface area (Å²) in [6.45, 7) is 10.1. The van der Waals surface area contributed by atoms with Crippen LogP contribution in [0.15, 0.2) is 12.2 Å². The highest BCUT2D eigenvalue weighted by atomic mass is 16.4. The summed E-state index contributed by atoms with van der Waals surface area (Å²) in [5, 5.41) is 21.0. The smallest absolute Gasteiger partial charge is 0.332 e. The van der Waals surface area contributed by atoms with Crippen molar-refractivity contribution in [2.24, 2.45) is 5.41 Å². The van der Waals surface area contributed by atoms with Crippen LogP contribution < -0.4 is 5.32 Å². The fourth-order valence-electron chi connectivity index (χ4n) is 1.24. The van der Waals surface area contributed by atoms with Gasteiger partial charge in [-0.25, -0.2) is 4.79 Å². The molecule has 1 unspecified atom stereocenters. The number of hydrogen-bond donors (Lipinski definition) is 3. The van der Waals surface area contributed by atoms with Gasteiger partial charge in [-0.3, -0.25) is 0 Å². The number of carbonyl (C=O) groups is 1. The van der Waals surface area contributed by atoms with Crippen LogP contribution in [0.2, 0.25) is 0 Å². The minimum absolute atomic E-state index is 0.0743. The Morgan fingerprint density at radius 2 is 2.00 bits per heavy atom. The van der Waals surface area contributed by atoms with E-state index in [-0.39, 0.29) is 17.5 Å². The van der Waals surface area contributed by atoms with Crippen LogP contribution in [0.3, 0.4) is 0 Å². The van der Waals surface area contributed by atoms with E-state index in [0.29, 0.717) is 13.0 Å². The lowest BCUT2D eigenvalue weighted by molar-refractivity contribution is -0.132. The molecule has 1 atom stereocenters. The van der Waals surface area contributed by atoms with Gasteiger partial charge in [-0.1, -0.05) is 27.4 Å². The number of aliphatic carboxylic acids is 1. The molecule has 15 heavy (non-hydrogen) atoms. The molecule has 0 heterocycles. The molecule has 0 aromatic heterocycles. The lowest BCUT2D eigenvalue weighted by Crippen LogP contribution is -2.32. The van der Waals surface area contributed by atoms with Gasteiger partial charge in [0.05, 0.1) is 6.10 Å². The Morgan fingerprint density at radius 3 is 2.40 bits per heavy atom. The van der Waals surface area contributed by atoms with Crippen LogP contribution in [0.25, 0.3) is 0 Å². The van der Waals surface area contributed by atoms with Gasteiger partial charge in [-0.05, 0) is 11.8 Å². The number of carboxylic acids is 1. The fourth-order valence-corrected chi connectivity index (χ4v) is 1.24. The van der Waals surface area contributed by atoms with Gasteiger partial charge in [0.15, 0.2) is 0 Å². The first-order chi connectivity index (χ1) is 6.72. The van der Waals surface area contributed by atoms with Gasteiger partial charge in [0, 0.05) is 18.7 Å². The first-order valence-electron chi connectivity index (χ1n) is 5.02. The van der Waals surface area contributed by atoms with Crippen molar-refractivity contribution >= 4 is 5.97 Å². The maximum Gasteiger partial charge on any atom is 0.332 e. The lowest BCUT2D eigenvalue weighted by atomic mass is 9.89. The first-order valence-corrected chi connectivity index (χ1v) is 5.02. The molecule has 0 aliphatic carbocycles. The molecule has 0 bridgehead atoms. The van der Waals surface area contributed by atoms with E-state index in [1.54, 1.807) is 0 Å². The number of aliphatic hydroxyl groups excluding tert-OH is 1. The van der Waals surface area contributed by atoms with Crippen LogP contribution in [0.5, 0.6) is 0 Å². The molecule has 0 aliphatic rings. The summed E-state index contributed by atoms with van der Waals surface area (Å²) < 4.78 is 0. The summed E-state index contributed by atoms with van der Waals surface area (Å²) in [6, 6.07) is 0. The lowest BCUT2D eigenvalue weighted by Gasteiger charge is -2.22. The van der Waals surface area contributed by atoms with E-state index in [4.69, 9.17) is 5.11 Å². The molecule has 0 aromatic carbocycles. The Hall–Kier alpha value is -0.870. The molecule has 4 nitrogen and oxygen atoms in total. The Balaban J connectivity index is 3.69. The van der Waals surface area contributed by atoms with E-state index in [2.05, 4.69) is 11.9 Å². The van der Waals surface area contributed by atoms with Gasteiger partial charge in [-0.15, -0.1) is 0 Å². The van der Waals surface area contributed by atoms with Crippen LogP contribution in [0.1, 0.15) is 27.2 Å². The number of nitrogens with one attached hydrogen (secondary N) is 1. The molecule has 0 radical (unpaired) electrons. The summed E-state index contributed by atoms with van der Waals surface area (Å²) in [5.74, 6) is -1.01. The van der Waals surface area contributed by atoms with Crippen molar-refractivity contribution in [2.45, 2.75) is 33.3 Å². The van der Waals surface area contributed by atoms with Gasteiger partial charge in [0.1, 0.15) is 0 Å². The van der Waals surface area contributed by atoms with E-state index >= 15 is 0 Å². The van der Waals surface area contributed by atoms with Crippen LogP contribution in [0, 0.1) is 5.41 Å². The zero-order chi connectivity index (χ0) is 12.1. The van der Waals surface area contributed by atoms with Crippen molar-refractivity contribution in [1.82, 2.24) is 5.32 Å². The third-order valence-corrected chi connectivity index (χ3v) is 1.87. The van der Waals surface area contributed by atoms with Gasteiger partial charge in [-0.2, -0.15) is 0 Å². The average molecular weight is 215 g/mol. The number of aliphatic hydroxyl groups is 1. The van der Waals surface area contributed by atoms with Gasteiger partial charge < -0.3 is 15.5 Å². The Bertz CT molecular complexity index is 230. The van der Waals surface area contributed by atoms with Crippen molar-refractivity contribution in [1.29, 1.82) is 0 Å². The molecular formula is C11H21NO3. The number of rotatable bonds is 6. The van der Waals surface area contributed by atoms with Crippen LogP contribution in [-0.2, 0) is 4.79 Å². The van der Waals surface area contributed by atoms with Gasteiger partial charge >= 0.3 is 5.97 Å². The largest absolute Gasteiger partial charge is 0.478 e. The van der Waals surface area contributed by atoms with E-state index in [1.165, 1.54) is 0 Å². The summed E-state index contributed by atoms with van der Waals surface area (Å²) in [7, 11) is 0. The minimum atomic E-state index is -1.01. The molecule has 0 aromatic rings. The predicted octanol–water partition coefficient (Wildman–Crippen LogP) is 1.01. The summed E-state index contributed by atoms with van der Waals surface area (Å²) >= 11 is 0. The maximum absolute atomic E-state index is 10.4. The second kappa shape index (κ2) is 5.88. The molecule has 0 saturated carbocycles. The summed E-state index contributed by atoms with van der Waals surface area (Å²) in [5.41, 5.74) is 0.184. The monoisotopic (exact) mass is 215 g/mol. The molecule has 0 amide bonds. The highest BCUT2D eigenvalue weighted by Crippen LogP contribution is 2.20. The third-order valence-electron chi connectivity index (χ3n) is 1.87. The minimum Gasteiger partial charge on any atom is -0.478 e. The molecule has 3 N–H and O–H groups in total. The van der Waals surface area contributed by atoms with Crippen LogP contribution >= 0.6 is 0 Å². The summed E-state index contributed by atoms with van der Waals surface area (Å²) in [6.07, 6.45) is 0.228. The molecule has 0 saturated heterocycles. The molecule has 0 rings (SSSR count). The quantitative estimate of drug-likeness (QED) is 0.578. The van der Waals surface area contributed by atoms with E-state index in [0.717, 1.165) is 0 Å². The average Bonchev–Trinajstić information content (AvgIpc) is 2.00. The van der Waals surface area contributed by atoms with E-state index < -0.39 is 12.1 Å². The zero-order valence-electron chi connectivity index (χ0n) is 9.71. The highest BCUT2D eigenvalue weighted by molar-refractivity contribution is 5.86. The van der Waals surface area contributed by atoms with Crippen LogP contribution in [0.4, 0.5) is 0 Å². The zero-order valence-corrected chi connectivity index (χ0v) is 9.71. The predicted molar refractivity (Wildman–Crippen MR) is 59.7 cm³/mol. The van der Waals surface area contributed by atoms with Crippen molar-refractivity contribution < 1.29 is 15.0 Å². The van der Waals surface area contributed by atoms with Gasteiger partial charge in [0.25, 0.3) is 0 Å². The molecule has 4 heteroatoms. The fraction of sp³-hybridized carbons (Fsp3) is 0.727. The Morgan fingerprint density at radius 1 is 1.47 bits per heavy atom. The third kappa shape index (κ3) is 8.15. The van der Waals surface area contributed by atoms with Crippen molar-refractivity contribution in [2.75, 3.05) is 13.1 Å². The molecule has 0 spiro atoms. The number of hydrogen-bond acceptors (Lipinski definition) is 3. The molecule has 0 fully saturated rings. The second-order valence-electron chi connectivity index (χ2n) is 4.96. The number of carboxylic acid groups (broad SMARTS) is 1. The maximum atomic E-state index is 10.4.